The average Bonchev–Trinajstić information content (AvgIpc) is 3.81. The summed E-state index contributed by atoms with van der Waals surface area (Å²) in [4.78, 5) is 20.8. The first kappa shape index (κ1) is 30.2. The average molecular weight is 691 g/mol. The Hall–Kier alpha value is -7.44. The summed E-state index contributed by atoms with van der Waals surface area (Å²) >= 11 is 0. The SMILES string of the molecule is c1ccc(-c2nc(-c3ccccc3)nc(-n3c4ccccc4c4cc5c(cc43)c3ccccc3c3c(-c4ccccc4)nc(-c4ccccc4)n53)n2)cc1. The van der Waals surface area contributed by atoms with Gasteiger partial charge in [-0.05, 0) is 23.6 Å². The standard InChI is InChI=1S/C48H30N6/c1-5-17-31(18-6-1)43-44-37-27-14-13-25-35(37)38-29-41-39(30-42(38)54(44)47(49-43)34-23-11-4-12-24-34)36-26-15-16-28-40(36)53(41)48-51-45(32-19-7-2-8-20-32)50-46(52-48)33-21-9-3-10-22-33/h1-30H. The zero-order valence-electron chi connectivity index (χ0n) is 29.0. The molecule has 0 radical (unpaired) electrons. The van der Waals surface area contributed by atoms with E-state index in [9.17, 15) is 0 Å². The Morgan fingerprint density at radius 3 is 1.44 bits per heavy atom. The molecule has 0 atom stereocenters. The van der Waals surface area contributed by atoms with Gasteiger partial charge in [-0.1, -0.05) is 164 Å². The smallest absolute Gasteiger partial charge is 0.238 e. The molecular formula is C48H30N6. The Labute approximate surface area is 310 Å². The van der Waals surface area contributed by atoms with Crippen molar-refractivity contribution < 1.29 is 0 Å². The third kappa shape index (κ3) is 4.67. The maximum Gasteiger partial charge on any atom is 0.238 e. The highest BCUT2D eigenvalue weighted by atomic mass is 15.2. The Morgan fingerprint density at radius 2 is 0.815 bits per heavy atom. The first-order valence-electron chi connectivity index (χ1n) is 18.1. The van der Waals surface area contributed by atoms with Crippen LogP contribution in [0.25, 0.3) is 100 Å². The van der Waals surface area contributed by atoms with Crippen molar-refractivity contribution >= 4 is 49.0 Å². The number of pyridine rings is 1. The summed E-state index contributed by atoms with van der Waals surface area (Å²) in [6, 6.07) is 63.1. The lowest BCUT2D eigenvalue weighted by Crippen LogP contribution is -2.06. The number of hydrogen-bond acceptors (Lipinski definition) is 4. The van der Waals surface area contributed by atoms with Gasteiger partial charge in [-0.25, -0.2) is 9.97 Å². The van der Waals surface area contributed by atoms with E-state index >= 15 is 0 Å². The third-order valence-corrected chi connectivity index (χ3v) is 10.3. The number of rotatable bonds is 5. The normalized spacial score (nSPS) is 11.7. The highest BCUT2D eigenvalue weighted by Gasteiger charge is 2.23. The van der Waals surface area contributed by atoms with Crippen molar-refractivity contribution in [2.24, 2.45) is 0 Å². The Morgan fingerprint density at radius 1 is 0.333 bits per heavy atom. The molecule has 252 valence electrons. The molecule has 0 N–H and O–H groups in total. The largest absolute Gasteiger partial charge is 0.291 e. The van der Waals surface area contributed by atoms with E-state index in [4.69, 9.17) is 19.9 Å². The number of hydrogen-bond donors (Lipinski definition) is 0. The van der Waals surface area contributed by atoms with Crippen LogP contribution >= 0.6 is 0 Å². The molecule has 0 bridgehead atoms. The van der Waals surface area contributed by atoms with Gasteiger partial charge in [0.2, 0.25) is 5.95 Å². The van der Waals surface area contributed by atoms with Crippen LogP contribution in [0.15, 0.2) is 182 Å². The van der Waals surface area contributed by atoms with Crippen LogP contribution in [0.3, 0.4) is 0 Å². The Balaban J connectivity index is 1.29. The van der Waals surface area contributed by atoms with Gasteiger partial charge in [0, 0.05) is 43.8 Å². The maximum atomic E-state index is 5.43. The van der Waals surface area contributed by atoms with Gasteiger partial charge in [-0.2, -0.15) is 9.97 Å². The lowest BCUT2D eigenvalue weighted by Gasteiger charge is -2.14. The van der Waals surface area contributed by atoms with E-state index in [2.05, 4.69) is 130 Å². The molecule has 0 saturated heterocycles. The number of benzene rings is 7. The fourth-order valence-corrected chi connectivity index (χ4v) is 7.92. The molecule has 4 aromatic heterocycles. The minimum absolute atomic E-state index is 0.567. The molecular weight excluding hydrogens is 661 g/mol. The van der Waals surface area contributed by atoms with E-state index in [1.54, 1.807) is 0 Å². The summed E-state index contributed by atoms with van der Waals surface area (Å²) in [5.74, 6) is 2.72. The second-order valence-corrected chi connectivity index (χ2v) is 13.5. The summed E-state index contributed by atoms with van der Waals surface area (Å²) in [5.41, 5.74) is 9.16. The van der Waals surface area contributed by atoms with Gasteiger partial charge >= 0.3 is 0 Å². The molecule has 54 heavy (non-hydrogen) atoms. The quantitative estimate of drug-likeness (QED) is 0.169. The van der Waals surface area contributed by atoms with Crippen LogP contribution in [0.2, 0.25) is 0 Å². The van der Waals surface area contributed by atoms with Gasteiger partial charge in [0.15, 0.2) is 11.6 Å². The molecule has 4 heterocycles. The van der Waals surface area contributed by atoms with Gasteiger partial charge in [0.1, 0.15) is 5.82 Å². The second-order valence-electron chi connectivity index (χ2n) is 13.5. The minimum atomic E-state index is 0.567. The minimum Gasteiger partial charge on any atom is -0.291 e. The van der Waals surface area contributed by atoms with Crippen molar-refractivity contribution in [2.75, 3.05) is 0 Å². The van der Waals surface area contributed by atoms with Crippen LogP contribution in [-0.4, -0.2) is 28.9 Å². The van der Waals surface area contributed by atoms with Gasteiger partial charge in [-0.15, -0.1) is 0 Å². The van der Waals surface area contributed by atoms with Crippen molar-refractivity contribution in [2.45, 2.75) is 0 Å². The number of aromatic nitrogens is 6. The zero-order chi connectivity index (χ0) is 35.6. The number of imidazole rings is 1. The van der Waals surface area contributed by atoms with Crippen molar-refractivity contribution in [1.29, 1.82) is 0 Å². The van der Waals surface area contributed by atoms with Crippen LogP contribution in [0.4, 0.5) is 0 Å². The summed E-state index contributed by atoms with van der Waals surface area (Å²) in [6.07, 6.45) is 0. The van der Waals surface area contributed by atoms with E-state index in [-0.39, 0.29) is 0 Å². The molecule has 6 nitrogen and oxygen atoms in total. The zero-order valence-corrected chi connectivity index (χ0v) is 29.0. The fourth-order valence-electron chi connectivity index (χ4n) is 7.92. The van der Waals surface area contributed by atoms with Crippen LogP contribution in [0.5, 0.6) is 0 Å². The summed E-state index contributed by atoms with van der Waals surface area (Å²) < 4.78 is 4.57. The second kappa shape index (κ2) is 12.1. The summed E-state index contributed by atoms with van der Waals surface area (Å²) in [6.45, 7) is 0. The van der Waals surface area contributed by atoms with Gasteiger partial charge in [-0.3, -0.25) is 8.97 Å². The molecule has 7 aromatic carbocycles. The topological polar surface area (TPSA) is 60.9 Å². The summed E-state index contributed by atoms with van der Waals surface area (Å²) in [7, 11) is 0. The Bertz CT molecular complexity index is 3130. The van der Waals surface area contributed by atoms with E-state index in [1.807, 2.05) is 60.7 Å². The van der Waals surface area contributed by atoms with Crippen molar-refractivity contribution in [3.63, 3.8) is 0 Å². The Kier molecular flexibility index (Phi) is 6.75. The first-order valence-corrected chi connectivity index (χ1v) is 18.1. The first-order chi connectivity index (χ1) is 26.8. The van der Waals surface area contributed by atoms with Crippen LogP contribution in [0.1, 0.15) is 0 Å². The molecule has 0 amide bonds. The van der Waals surface area contributed by atoms with Gasteiger partial charge in [0.25, 0.3) is 0 Å². The molecule has 6 heteroatoms. The van der Waals surface area contributed by atoms with E-state index in [1.165, 1.54) is 0 Å². The highest BCUT2D eigenvalue weighted by molar-refractivity contribution is 6.21. The van der Waals surface area contributed by atoms with Gasteiger partial charge in [0.05, 0.1) is 27.8 Å². The summed E-state index contributed by atoms with van der Waals surface area (Å²) in [5, 5.41) is 5.62. The van der Waals surface area contributed by atoms with E-state index in [0.29, 0.717) is 17.6 Å². The molecule has 11 aromatic rings. The lowest BCUT2D eigenvalue weighted by molar-refractivity contribution is 0.954. The fraction of sp³-hybridized carbons (Fsp3) is 0. The molecule has 0 fully saturated rings. The molecule has 0 spiro atoms. The predicted molar refractivity (Wildman–Crippen MR) is 220 cm³/mol. The monoisotopic (exact) mass is 690 g/mol. The number of para-hydroxylation sites is 1. The van der Waals surface area contributed by atoms with Gasteiger partial charge < -0.3 is 0 Å². The molecule has 0 aliphatic carbocycles. The van der Waals surface area contributed by atoms with Crippen LogP contribution in [0, 0.1) is 0 Å². The molecule has 11 rings (SSSR count). The van der Waals surface area contributed by atoms with E-state index < -0.39 is 0 Å². The molecule has 0 saturated carbocycles. The molecule has 0 aliphatic heterocycles. The van der Waals surface area contributed by atoms with Crippen molar-refractivity contribution in [1.82, 2.24) is 28.9 Å². The van der Waals surface area contributed by atoms with E-state index in [0.717, 1.165) is 82.8 Å². The molecule has 0 aliphatic rings. The van der Waals surface area contributed by atoms with Crippen molar-refractivity contribution in [3.05, 3.63) is 182 Å². The highest BCUT2D eigenvalue weighted by Crippen LogP contribution is 2.42. The van der Waals surface area contributed by atoms with Crippen LogP contribution in [-0.2, 0) is 0 Å². The number of fused-ring (bicyclic) bond motifs is 9. The number of nitrogens with zero attached hydrogens (tertiary/aromatic N) is 6. The maximum absolute atomic E-state index is 5.43. The van der Waals surface area contributed by atoms with Crippen LogP contribution < -0.4 is 0 Å². The van der Waals surface area contributed by atoms with Crippen molar-refractivity contribution in [3.8, 4) is 51.4 Å². The third-order valence-electron chi connectivity index (χ3n) is 10.3. The molecule has 0 unspecified atom stereocenters. The predicted octanol–water partition coefficient (Wildman–Crippen LogP) is 11.6. The lowest BCUT2D eigenvalue weighted by atomic mass is 10.0.